The molecule has 0 aliphatic carbocycles. The van der Waals surface area contributed by atoms with Gasteiger partial charge in [-0.1, -0.05) is 31.0 Å². The van der Waals surface area contributed by atoms with Crippen molar-refractivity contribution in [1.29, 1.82) is 0 Å². The second-order valence-corrected chi connectivity index (χ2v) is 8.61. The fourth-order valence-electron chi connectivity index (χ4n) is 4.73. The van der Waals surface area contributed by atoms with Gasteiger partial charge in [0, 0.05) is 37.3 Å². The van der Waals surface area contributed by atoms with Gasteiger partial charge in [0.25, 0.3) is 0 Å². The first-order valence-electron chi connectivity index (χ1n) is 11.4. The van der Waals surface area contributed by atoms with Crippen LogP contribution in [0, 0.1) is 0 Å². The molecule has 6 heteroatoms. The molecule has 1 N–H and O–H groups in total. The van der Waals surface area contributed by atoms with Gasteiger partial charge in [-0.3, -0.25) is 4.90 Å². The number of nitrogens with one attached hydrogen (secondary N) is 1. The number of likely N-dealkylation sites (tertiary alicyclic amines) is 1. The van der Waals surface area contributed by atoms with Crippen LogP contribution in [0.4, 0.5) is 11.8 Å². The molecule has 30 heavy (non-hydrogen) atoms. The Kier molecular flexibility index (Phi) is 5.84. The van der Waals surface area contributed by atoms with Crippen LogP contribution in [0.25, 0.3) is 11.0 Å². The van der Waals surface area contributed by atoms with Gasteiger partial charge in [-0.15, -0.1) is 0 Å². The van der Waals surface area contributed by atoms with Crippen LogP contribution in [-0.4, -0.2) is 47.1 Å². The van der Waals surface area contributed by atoms with Crippen molar-refractivity contribution in [2.24, 2.45) is 0 Å². The van der Waals surface area contributed by atoms with E-state index >= 15 is 0 Å². The predicted octanol–water partition coefficient (Wildman–Crippen LogP) is 4.68. The molecule has 0 amide bonds. The van der Waals surface area contributed by atoms with Gasteiger partial charge >= 0.3 is 0 Å². The summed E-state index contributed by atoms with van der Waals surface area (Å²) in [6.07, 6.45) is 9.38. The summed E-state index contributed by atoms with van der Waals surface area (Å²) in [5, 5.41) is 4.78. The van der Waals surface area contributed by atoms with Gasteiger partial charge in [0.1, 0.15) is 17.2 Å². The standard InChI is InChI=1S/C24H31N5O/c1-2-6-15-29(14-5-1)23-11-12-25-24(27-23)26-20-9-7-13-28(17-20)18-21-16-19-8-3-4-10-22(19)30-21/h3-4,8,10-12,16,20H,1-2,5-7,9,13-15,17-18H2,(H,25,26,27). The van der Waals surface area contributed by atoms with E-state index in [9.17, 15) is 0 Å². The van der Waals surface area contributed by atoms with E-state index in [2.05, 4.69) is 38.3 Å². The molecule has 0 saturated carbocycles. The van der Waals surface area contributed by atoms with Crippen LogP contribution >= 0.6 is 0 Å². The molecule has 5 rings (SSSR count). The van der Waals surface area contributed by atoms with Crippen molar-refractivity contribution in [3.05, 3.63) is 48.4 Å². The Morgan fingerprint density at radius 1 is 1.00 bits per heavy atom. The molecule has 2 aliphatic heterocycles. The highest BCUT2D eigenvalue weighted by Gasteiger charge is 2.22. The van der Waals surface area contributed by atoms with Crippen molar-refractivity contribution in [3.8, 4) is 0 Å². The fraction of sp³-hybridized carbons (Fsp3) is 0.500. The van der Waals surface area contributed by atoms with Gasteiger partial charge in [-0.25, -0.2) is 4.98 Å². The first-order valence-corrected chi connectivity index (χ1v) is 11.4. The highest BCUT2D eigenvalue weighted by molar-refractivity contribution is 5.77. The van der Waals surface area contributed by atoms with Crippen molar-refractivity contribution >= 4 is 22.7 Å². The molecule has 6 nitrogen and oxygen atoms in total. The molecular weight excluding hydrogens is 374 g/mol. The zero-order chi connectivity index (χ0) is 20.2. The molecule has 3 aromatic rings. The molecule has 2 aliphatic rings. The number of fused-ring (bicyclic) bond motifs is 1. The quantitative estimate of drug-likeness (QED) is 0.665. The lowest BCUT2D eigenvalue weighted by molar-refractivity contribution is 0.195. The largest absolute Gasteiger partial charge is 0.460 e. The lowest BCUT2D eigenvalue weighted by atomic mass is 10.1. The third-order valence-corrected chi connectivity index (χ3v) is 6.27. The van der Waals surface area contributed by atoms with Gasteiger partial charge in [-0.2, -0.15) is 4.98 Å². The lowest BCUT2D eigenvalue weighted by Crippen LogP contribution is -2.41. The average Bonchev–Trinajstić information content (AvgIpc) is 2.97. The second-order valence-electron chi connectivity index (χ2n) is 8.61. The van der Waals surface area contributed by atoms with Gasteiger partial charge < -0.3 is 14.6 Å². The minimum atomic E-state index is 0.363. The van der Waals surface area contributed by atoms with Crippen LogP contribution in [-0.2, 0) is 6.54 Å². The molecule has 1 atom stereocenters. The van der Waals surface area contributed by atoms with E-state index in [0.29, 0.717) is 6.04 Å². The summed E-state index contributed by atoms with van der Waals surface area (Å²) in [6, 6.07) is 12.8. The minimum absolute atomic E-state index is 0.363. The van der Waals surface area contributed by atoms with Gasteiger partial charge in [0.2, 0.25) is 5.95 Å². The summed E-state index contributed by atoms with van der Waals surface area (Å²) in [7, 11) is 0. The number of furan rings is 1. The molecule has 158 valence electrons. The van der Waals surface area contributed by atoms with Crippen LogP contribution in [0.2, 0.25) is 0 Å². The van der Waals surface area contributed by atoms with Crippen LogP contribution in [0.5, 0.6) is 0 Å². The number of para-hydroxylation sites is 1. The van der Waals surface area contributed by atoms with E-state index in [1.54, 1.807) is 0 Å². The number of nitrogens with zero attached hydrogens (tertiary/aromatic N) is 4. The van der Waals surface area contributed by atoms with E-state index in [1.165, 1.54) is 37.5 Å². The topological polar surface area (TPSA) is 57.4 Å². The summed E-state index contributed by atoms with van der Waals surface area (Å²) in [4.78, 5) is 14.2. The third-order valence-electron chi connectivity index (χ3n) is 6.27. The number of piperidine rings is 1. The molecule has 1 aromatic carbocycles. The molecule has 4 heterocycles. The maximum Gasteiger partial charge on any atom is 0.224 e. The van der Waals surface area contributed by atoms with E-state index in [4.69, 9.17) is 9.40 Å². The highest BCUT2D eigenvalue weighted by Crippen LogP contribution is 2.23. The van der Waals surface area contributed by atoms with E-state index < -0.39 is 0 Å². The van der Waals surface area contributed by atoms with Crippen LogP contribution in [0.3, 0.4) is 0 Å². The maximum atomic E-state index is 6.03. The minimum Gasteiger partial charge on any atom is -0.460 e. The van der Waals surface area contributed by atoms with Crippen molar-refractivity contribution in [3.63, 3.8) is 0 Å². The van der Waals surface area contributed by atoms with Crippen LogP contribution < -0.4 is 10.2 Å². The number of aromatic nitrogens is 2. The highest BCUT2D eigenvalue weighted by atomic mass is 16.3. The summed E-state index contributed by atoms with van der Waals surface area (Å²) >= 11 is 0. The normalized spacial score (nSPS) is 20.9. The van der Waals surface area contributed by atoms with E-state index in [-0.39, 0.29) is 0 Å². The molecule has 0 bridgehead atoms. The molecule has 2 aromatic heterocycles. The van der Waals surface area contributed by atoms with Crippen LogP contribution in [0.15, 0.2) is 47.0 Å². The fourth-order valence-corrected chi connectivity index (χ4v) is 4.73. The van der Waals surface area contributed by atoms with Gasteiger partial charge in [0.15, 0.2) is 0 Å². The summed E-state index contributed by atoms with van der Waals surface area (Å²) in [5.74, 6) is 2.85. The van der Waals surface area contributed by atoms with Crippen molar-refractivity contribution in [2.75, 3.05) is 36.4 Å². The Hall–Kier alpha value is -2.60. The first kappa shape index (κ1) is 19.4. The van der Waals surface area contributed by atoms with Crippen molar-refractivity contribution in [1.82, 2.24) is 14.9 Å². The number of hydrogen-bond acceptors (Lipinski definition) is 6. The van der Waals surface area contributed by atoms with E-state index in [0.717, 1.165) is 62.3 Å². The Morgan fingerprint density at radius 3 is 2.73 bits per heavy atom. The van der Waals surface area contributed by atoms with E-state index in [1.807, 2.05) is 24.4 Å². The average molecular weight is 406 g/mol. The van der Waals surface area contributed by atoms with Gasteiger partial charge in [-0.05, 0) is 50.4 Å². The molecule has 1 unspecified atom stereocenters. The Bertz CT molecular complexity index is 930. The predicted molar refractivity (Wildman–Crippen MR) is 121 cm³/mol. The summed E-state index contributed by atoms with van der Waals surface area (Å²) < 4.78 is 6.03. The van der Waals surface area contributed by atoms with Gasteiger partial charge in [0.05, 0.1) is 6.54 Å². The number of hydrogen-bond donors (Lipinski definition) is 1. The lowest BCUT2D eigenvalue weighted by Gasteiger charge is -2.32. The monoisotopic (exact) mass is 405 g/mol. The maximum absolute atomic E-state index is 6.03. The molecule has 0 radical (unpaired) electrons. The number of benzene rings is 1. The second kappa shape index (κ2) is 9.04. The summed E-state index contributed by atoms with van der Waals surface area (Å²) in [6.45, 7) is 5.14. The molecule has 0 spiro atoms. The van der Waals surface area contributed by atoms with Crippen LogP contribution in [0.1, 0.15) is 44.3 Å². The zero-order valence-corrected chi connectivity index (χ0v) is 17.6. The smallest absolute Gasteiger partial charge is 0.224 e. The van der Waals surface area contributed by atoms with Crippen molar-refractivity contribution < 1.29 is 4.42 Å². The molecule has 2 saturated heterocycles. The number of rotatable bonds is 5. The third kappa shape index (κ3) is 4.59. The Morgan fingerprint density at radius 2 is 1.87 bits per heavy atom. The molecule has 2 fully saturated rings. The Balaban J connectivity index is 1.21. The zero-order valence-electron chi connectivity index (χ0n) is 17.6. The Labute approximate surface area is 178 Å². The first-order chi connectivity index (χ1) is 14.8. The SMILES string of the molecule is c1ccc2oc(CN3CCCC(Nc4nccc(N5CCCCCC5)n4)C3)cc2c1. The molecular formula is C24H31N5O. The summed E-state index contributed by atoms with van der Waals surface area (Å²) in [5.41, 5.74) is 0.970. The van der Waals surface area contributed by atoms with Crippen molar-refractivity contribution in [2.45, 2.75) is 51.1 Å². The number of anilines is 2.